The van der Waals surface area contributed by atoms with Crippen molar-refractivity contribution in [1.82, 2.24) is 15.1 Å². The van der Waals surface area contributed by atoms with Crippen molar-refractivity contribution in [3.63, 3.8) is 0 Å². The molecular weight excluding hydrogens is 464 g/mol. The minimum absolute atomic E-state index is 0.0832. The lowest BCUT2D eigenvalue weighted by Gasteiger charge is -2.36. The number of thioether (sulfide) groups is 1. The summed E-state index contributed by atoms with van der Waals surface area (Å²) >= 11 is 7.98. The van der Waals surface area contributed by atoms with Crippen LogP contribution in [0.15, 0.2) is 51.6 Å². The minimum atomic E-state index is -0.527. The molecule has 8 nitrogen and oxygen atoms in total. The zero-order valence-corrected chi connectivity index (χ0v) is 20.2. The third kappa shape index (κ3) is 5.27. The molecule has 1 saturated heterocycles. The molecule has 33 heavy (non-hydrogen) atoms. The first-order valence-electron chi connectivity index (χ1n) is 10.8. The number of halogens is 1. The number of morpholine rings is 1. The third-order valence-corrected chi connectivity index (χ3v) is 7.03. The fourth-order valence-corrected chi connectivity index (χ4v) is 5.34. The molecule has 0 radical (unpaired) electrons. The Morgan fingerprint density at radius 3 is 2.79 bits per heavy atom. The van der Waals surface area contributed by atoms with Gasteiger partial charge in [0.2, 0.25) is 5.91 Å². The van der Waals surface area contributed by atoms with Crippen LogP contribution in [0.25, 0.3) is 0 Å². The van der Waals surface area contributed by atoms with Crippen LogP contribution in [0.1, 0.15) is 24.9 Å². The maximum Gasteiger partial charge on any atom is 0.338 e. The van der Waals surface area contributed by atoms with Crippen LogP contribution in [-0.4, -0.2) is 73.3 Å². The molecule has 1 aromatic rings. The number of aliphatic imine (C=N–C) groups is 1. The first kappa shape index (κ1) is 23.8. The van der Waals surface area contributed by atoms with Gasteiger partial charge >= 0.3 is 5.97 Å². The van der Waals surface area contributed by atoms with Gasteiger partial charge in [0.05, 0.1) is 44.1 Å². The molecule has 176 valence electrons. The molecule has 10 heteroatoms. The van der Waals surface area contributed by atoms with E-state index < -0.39 is 12.0 Å². The average molecular weight is 491 g/mol. The van der Waals surface area contributed by atoms with Gasteiger partial charge in [-0.3, -0.25) is 9.69 Å². The van der Waals surface area contributed by atoms with Crippen LogP contribution in [0.5, 0.6) is 0 Å². The van der Waals surface area contributed by atoms with Gasteiger partial charge < -0.3 is 19.7 Å². The number of esters is 1. The van der Waals surface area contributed by atoms with Crippen molar-refractivity contribution in [3.05, 3.63) is 57.2 Å². The van der Waals surface area contributed by atoms with E-state index in [0.29, 0.717) is 28.0 Å². The Bertz CT molecular complexity index is 1020. The second-order valence-electron chi connectivity index (χ2n) is 7.89. The largest absolute Gasteiger partial charge is 0.466 e. The van der Waals surface area contributed by atoms with Gasteiger partial charge in [0.1, 0.15) is 0 Å². The topological polar surface area (TPSA) is 83.5 Å². The Balaban J connectivity index is 1.52. The van der Waals surface area contributed by atoms with Crippen molar-refractivity contribution in [1.29, 1.82) is 0 Å². The van der Waals surface area contributed by atoms with Gasteiger partial charge in [0, 0.05) is 36.9 Å². The molecule has 1 aromatic carbocycles. The molecule has 0 bridgehead atoms. The summed E-state index contributed by atoms with van der Waals surface area (Å²) in [5.74, 6) is -0.549. The summed E-state index contributed by atoms with van der Waals surface area (Å²) in [5.41, 5.74) is 2.51. The SMILES string of the molecule is COC(=O)C1=C(C)N=C2SC=C(CC(=O)NCCN3CCOCC3)N2C1c1ccccc1Cl. The summed E-state index contributed by atoms with van der Waals surface area (Å²) in [7, 11) is 1.35. The number of hydrogen-bond donors (Lipinski definition) is 1. The molecule has 4 rings (SSSR count). The lowest BCUT2D eigenvalue weighted by molar-refractivity contribution is -0.136. The van der Waals surface area contributed by atoms with E-state index in [2.05, 4.69) is 15.2 Å². The van der Waals surface area contributed by atoms with Gasteiger partial charge in [-0.1, -0.05) is 41.6 Å². The molecule has 0 aliphatic carbocycles. The molecule has 1 unspecified atom stereocenters. The molecule has 0 saturated carbocycles. The maximum atomic E-state index is 12.8. The zero-order valence-electron chi connectivity index (χ0n) is 18.7. The van der Waals surface area contributed by atoms with Crippen molar-refractivity contribution < 1.29 is 19.1 Å². The van der Waals surface area contributed by atoms with Gasteiger partial charge in [0.25, 0.3) is 0 Å². The second-order valence-corrected chi connectivity index (χ2v) is 9.13. The molecule has 1 amide bonds. The lowest BCUT2D eigenvalue weighted by atomic mass is 9.94. The summed E-state index contributed by atoms with van der Waals surface area (Å²) in [5, 5.41) is 6.16. The molecule has 1 fully saturated rings. The Morgan fingerprint density at radius 2 is 2.06 bits per heavy atom. The summed E-state index contributed by atoms with van der Waals surface area (Å²) in [6.45, 7) is 6.37. The van der Waals surface area contributed by atoms with Crippen LogP contribution in [0.4, 0.5) is 0 Å². The summed E-state index contributed by atoms with van der Waals surface area (Å²) < 4.78 is 10.4. The van der Waals surface area contributed by atoms with Gasteiger partial charge in [-0.2, -0.15) is 0 Å². The quantitative estimate of drug-likeness (QED) is 0.588. The Kier molecular flexibility index (Phi) is 7.75. The predicted octanol–water partition coefficient (Wildman–Crippen LogP) is 2.93. The number of ether oxygens (including phenoxy) is 2. The first-order chi connectivity index (χ1) is 16.0. The molecular formula is C23H27ClN4O4S. The van der Waals surface area contributed by atoms with Crippen molar-refractivity contribution in [2.24, 2.45) is 4.99 Å². The number of methoxy groups -OCH3 is 1. The van der Waals surface area contributed by atoms with E-state index >= 15 is 0 Å². The second kappa shape index (κ2) is 10.7. The van der Waals surface area contributed by atoms with E-state index in [4.69, 9.17) is 21.1 Å². The van der Waals surface area contributed by atoms with Crippen molar-refractivity contribution >= 4 is 40.4 Å². The molecule has 0 aromatic heterocycles. The number of nitrogens with zero attached hydrogens (tertiary/aromatic N) is 3. The normalized spacial score (nSPS) is 20.8. The monoisotopic (exact) mass is 490 g/mol. The van der Waals surface area contributed by atoms with E-state index in [1.165, 1.54) is 18.9 Å². The third-order valence-electron chi connectivity index (χ3n) is 5.80. The van der Waals surface area contributed by atoms with Crippen LogP contribution < -0.4 is 5.32 Å². The molecule has 3 heterocycles. The van der Waals surface area contributed by atoms with Gasteiger partial charge in [-0.25, -0.2) is 9.79 Å². The van der Waals surface area contributed by atoms with Gasteiger partial charge in [0.15, 0.2) is 5.17 Å². The van der Waals surface area contributed by atoms with Crippen LogP contribution in [0, 0.1) is 0 Å². The van der Waals surface area contributed by atoms with Crippen molar-refractivity contribution in [2.45, 2.75) is 19.4 Å². The highest BCUT2D eigenvalue weighted by Gasteiger charge is 2.41. The number of benzene rings is 1. The Morgan fingerprint density at radius 1 is 1.30 bits per heavy atom. The highest BCUT2D eigenvalue weighted by atomic mass is 35.5. The van der Waals surface area contributed by atoms with E-state index in [1.807, 2.05) is 28.5 Å². The maximum absolute atomic E-state index is 12.8. The summed E-state index contributed by atoms with van der Waals surface area (Å²) in [4.78, 5) is 34.3. The Labute approximate surface area is 202 Å². The average Bonchev–Trinajstić information content (AvgIpc) is 3.20. The smallest absolute Gasteiger partial charge is 0.338 e. The highest BCUT2D eigenvalue weighted by molar-refractivity contribution is 8.16. The van der Waals surface area contributed by atoms with E-state index in [9.17, 15) is 9.59 Å². The molecule has 0 spiro atoms. The molecule has 3 aliphatic rings. The number of nitrogens with one attached hydrogen (secondary N) is 1. The molecule has 1 N–H and O–H groups in total. The molecule has 1 atom stereocenters. The number of allylic oxidation sites excluding steroid dienone is 1. The van der Waals surface area contributed by atoms with Gasteiger partial charge in [-0.15, -0.1) is 0 Å². The number of amidine groups is 1. The number of hydrogen-bond acceptors (Lipinski definition) is 8. The van der Waals surface area contributed by atoms with E-state index in [0.717, 1.165) is 44.1 Å². The first-order valence-corrected chi connectivity index (χ1v) is 12.1. The standard InChI is InChI=1S/C23H27ClN4O4S/c1-15-20(22(30)31-2)21(17-5-3-4-6-18(17)24)28-16(14-33-23(28)26-15)13-19(29)25-7-8-27-9-11-32-12-10-27/h3-6,14,21H,7-13H2,1-2H3,(H,25,29). The minimum Gasteiger partial charge on any atom is -0.466 e. The zero-order chi connectivity index (χ0) is 23.4. The number of rotatable bonds is 7. The van der Waals surface area contributed by atoms with Crippen LogP contribution in [0.2, 0.25) is 5.02 Å². The summed E-state index contributed by atoms with van der Waals surface area (Å²) in [6, 6.07) is 6.87. The lowest BCUT2D eigenvalue weighted by Crippen LogP contribution is -2.42. The van der Waals surface area contributed by atoms with Crippen LogP contribution in [-0.2, 0) is 19.1 Å². The predicted molar refractivity (Wildman–Crippen MR) is 129 cm³/mol. The highest BCUT2D eigenvalue weighted by Crippen LogP contribution is 2.46. The molecule has 3 aliphatic heterocycles. The van der Waals surface area contributed by atoms with Gasteiger partial charge in [-0.05, 0) is 24.0 Å². The van der Waals surface area contributed by atoms with E-state index in [1.54, 1.807) is 13.0 Å². The fourth-order valence-electron chi connectivity index (χ4n) is 4.14. The van der Waals surface area contributed by atoms with Crippen molar-refractivity contribution in [2.75, 3.05) is 46.5 Å². The van der Waals surface area contributed by atoms with Crippen molar-refractivity contribution in [3.8, 4) is 0 Å². The number of amides is 1. The number of fused-ring (bicyclic) bond motifs is 1. The van der Waals surface area contributed by atoms with Crippen LogP contribution >= 0.6 is 23.4 Å². The fraction of sp³-hybridized carbons (Fsp3) is 0.435. The van der Waals surface area contributed by atoms with Crippen LogP contribution in [0.3, 0.4) is 0 Å². The Hall–Kier alpha value is -2.33. The number of carbonyl (C=O) groups excluding carboxylic acids is 2. The summed E-state index contributed by atoms with van der Waals surface area (Å²) in [6.07, 6.45) is 0.170. The van der Waals surface area contributed by atoms with E-state index in [-0.39, 0.29) is 12.3 Å². The number of carbonyl (C=O) groups is 2.